The van der Waals surface area contributed by atoms with E-state index in [1.165, 1.54) is 0 Å². The van der Waals surface area contributed by atoms with Gasteiger partial charge >= 0.3 is 7.60 Å². The first-order chi connectivity index (χ1) is 10.3. The fourth-order valence-corrected chi connectivity index (χ4v) is 3.08. The molecule has 3 heterocycles. The van der Waals surface area contributed by atoms with Crippen molar-refractivity contribution in [1.29, 1.82) is 0 Å². The third-order valence-electron chi connectivity index (χ3n) is 3.35. The predicted octanol–water partition coefficient (Wildman–Crippen LogP) is 1.58. The summed E-state index contributed by atoms with van der Waals surface area (Å²) in [5, 5.41) is 0. The second-order valence-corrected chi connectivity index (χ2v) is 7.44. The maximum absolute atomic E-state index is 11.2. The van der Waals surface area contributed by atoms with Crippen molar-refractivity contribution in [2.45, 2.75) is 25.2 Å². The monoisotopic (exact) mass is 345 g/mol. The molecule has 0 spiro atoms. The van der Waals surface area contributed by atoms with E-state index >= 15 is 0 Å². The van der Waals surface area contributed by atoms with E-state index in [9.17, 15) is 4.57 Å². The summed E-state index contributed by atoms with van der Waals surface area (Å²) in [6, 6.07) is 0. The Hall–Kier alpha value is -1.32. The van der Waals surface area contributed by atoms with Crippen molar-refractivity contribution in [3.05, 3.63) is 11.0 Å². The summed E-state index contributed by atoms with van der Waals surface area (Å²) in [6.07, 6.45) is 2.49. The molecule has 0 saturated carbocycles. The summed E-state index contributed by atoms with van der Waals surface area (Å²) in [7, 11) is -3.50. The number of aromatic amines is 1. The number of nitrogens with two attached hydrogens (primary N) is 1. The molecule has 0 aromatic carbocycles. The van der Waals surface area contributed by atoms with Gasteiger partial charge < -0.3 is 24.9 Å². The van der Waals surface area contributed by atoms with Crippen molar-refractivity contribution in [2.24, 2.45) is 0 Å². The van der Waals surface area contributed by atoms with Gasteiger partial charge in [-0.05, 0) is 12.8 Å². The number of rotatable bonds is 4. The van der Waals surface area contributed by atoms with Crippen molar-refractivity contribution in [3.8, 4) is 0 Å². The topological polar surface area (TPSA) is 128 Å². The number of imidazole rings is 1. The van der Waals surface area contributed by atoms with E-state index in [1.54, 1.807) is 10.9 Å². The summed E-state index contributed by atoms with van der Waals surface area (Å²) >= 11 is 5.16. The van der Waals surface area contributed by atoms with Crippen LogP contribution in [0.15, 0.2) is 6.33 Å². The van der Waals surface area contributed by atoms with E-state index in [-0.39, 0.29) is 24.9 Å². The van der Waals surface area contributed by atoms with Crippen molar-refractivity contribution in [3.63, 3.8) is 0 Å². The van der Waals surface area contributed by atoms with Crippen molar-refractivity contribution in [2.75, 3.05) is 19.0 Å². The second-order valence-electron chi connectivity index (χ2n) is 5.16. The van der Waals surface area contributed by atoms with Gasteiger partial charge in [-0.2, -0.15) is 4.98 Å². The lowest BCUT2D eigenvalue weighted by atomic mass is 10.2. The molecule has 22 heavy (non-hydrogen) atoms. The Labute approximate surface area is 131 Å². The molecule has 2 aromatic rings. The Kier molecular flexibility index (Phi) is 4.04. The molecule has 0 bridgehead atoms. The maximum Gasteiger partial charge on any atom is 0.325 e. The number of nitrogen functional groups attached to an aromatic ring is 1. The lowest BCUT2D eigenvalue weighted by Gasteiger charge is -2.16. The van der Waals surface area contributed by atoms with Gasteiger partial charge in [-0.1, -0.05) is 12.2 Å². The first-order valence-electron chi connectivity index (χ1n) is 6.66. The first kappa shape index (κ1) is 15.6. The number of aromatic nitrogens is 4. The third-order valence-corrected chi connectivity index (χ3v) is 4.27. The van der Waals surface area contributed by atoms with Gasteiger partial charge in [-0.25, -0.2) is 4.98 Å². The minimum Gasteiger partial charge on any atom is -0.369 e. The molecule has 9 nitrogen and oxygen atoms in total. The Bertz CT molecular complexity index is 799. The molecular formula is C11H16N5O4PS. The van der Waals surface area contributed by atoms with Crippen LogP contribution in [0, 0.1) is 4.64 Å². The smallest absolute Gasteiger partial charge is 0.325 e. The van der Waals surface area contributed by atoms with Crippen LogP contribution in [-0.4, -0.2) is 43.8 Å². The van der Waals surface area contributed by atoms with Gasteiger partial charge in [0.1, 0.15) is 16.4 Å². The first-order valence-corrected chi connectivity index (χ1v) is 9.09. The normalized spacial score (nSPS) is 24.6. The minimum atomic E-state index is -3.50. The number of ether oxygens (including phenoxy) is 1. The number of anilines is 1. The quantitative estimate of drug-likeness (QED) is 0.563. The molecule has 3 atom stereocenters. The fourth-order valence-electron chi connectivity index (χ4n) is 2.39. The molecule has 1 unspecified atom stereocenters. The number of hydrogen-bond acceptors (Lipinski definition) is 7. The molecular weight excluding hydrogens is 329 g/mol. The molecule has 0 aliphatic carbocycles. The van der Waals surface area contributed by atoms with Crippen LogP contribution in [0.5, 0.6) is 0 Å². The Morgan fingerprint density at radius 1 is 1.68 bits per heavy atom. The number of H-pyrrole nitrogens is 1. The Balaban J connectivity index is 1.79. The van der Waals surface area contributed by atoms with Crippen LogP contribution in [0.25, 0.3) is 11.2 Å². The minimum absolute atomic E-state index is 0.0725. The van der Waals surface area contributed by atoms with E-state index in [4.69, 9.17) is 32.1 Å². The second kappa shape index (κ2) is 5.71. The van der Waals surface area contributed by atoms with Crippen molar-refractivity contribution in [1.82, 2.24) is 19.5 Å². The molecule has 11 heteroatoms. The molecule has 1 saturated heterocycles. The average Bonchev–Trinajstić information content (AvgIpc) is 3.01. The van der Waals surface area contributed by atoms with E-state index < -0.39 is 7.60 Å². The highest BCUT2D eigenvalue weighted by atomic mass is 32.1. The summed E-state index contributed by atoms with van der Waals surface area (Å²) in [6.45, 7) is 1.22. The molecule has 3 rings (SSSR count). The van der Waals surface area contributed by atoms with E-state index in [0.717, 1.165) is 6.66 Å². The Morgan fingerprint density at radius 2 is 2.45 bits per heavy atom. The molecule has 1 aliphatic rings. The standard InChI is InChI=1S/C11H16N5O4PS/c1-21(17,18)19-4-6-2-3-7(20-6)16-5-13-8-9(16)14-11(12)15-10(8)22/h5-7H,2-4H2,1H3,(H,17,18)(H3,12,14,15,22)/t6-,7+/m0/s1. The zero-order valence-electron chi connectivity index (χ0n) is 11.8. The SMILES string of the molecule is CP(=O)(O)OC[C@@H]1CC[C@H](n2cnc3c(=S)[nH]c(N)nc32)O1. The number of fused-ring (bicyclic) bond motifs is 1. The molecule has 0 amide bonds. The molecule has 4 N–H and O–H groups in total. The van der Waals surface area contributed by atoms with E-state index in [1.807, 2.05) is 0 Å². The van der Waals surface area contributed by atoms with Gasteiger partial charge in [0.2, 0.25) is 5.95 Å². The molecule has 0 radical (unpaired) electrons. The number of hydrogen-bond donors (Lipinski definition) is 3. The summed E-state index contributed by atoms with van der Waals surface area (Å²) < 4.78 is 24.1. The van der Waals surface area contributed by atoms with E-state index in [0.29, 0.717) is 28.6 Å². The van der Waals surface area contributed by atoms with Crippen LogP contribution < -0.4 is 5.73 Å². The highest BCUT2D eigenvalue weighted by molar-refractivity contribution is 7.71. The highest BCUT2D eigenvalue weighted by Crippen LogP contribution is 2.38. The molecule has 1 fully saturated rings. The molecule has 2 aromatic heterocycles. The third kappa shape index (κ3) is 3.21. The van der Waals surface area contributed by atoms with Gasteiger partial charge in [0.25, 0.3) is 0 Å². The molecule has 120 valence electrons. The summed E-state index contributed by atoms with van der Waals surface area (Å²) in [5.74, 6) is 0.212. The van der Waals surface area contributed by atoms with Crippen LogP contribution >= 0.6 is 19.8 Å². The van der Waals surface area contributed by atoms with Gasteiger partial charge in [-0.3, -0.25) is 9.13 Å². The lowest BCUT2D eigenvalue weighted by Crippen LogP contribution is -2.16. The van der Waals surface area contributed by atoms with Crippen molar-refractivity contribution >= 4 is 36.9 Å². The van der Waals surface area contributed by atoms with Gasteiger partial charge in [0, 0.05) is 6.66 Å². The van der Waals surface area contributed by atoms with Gasteiger partial charge in [0.15, 0.2) is 5.65 Å². The average molecular weight is 345 g/mol. The highest BCUT2D eigenvalue weighted by Gasteiger charge is 2.29. The van der Waals surface area contributed by atoms with Crippen LogP contribution in [0.4, 0.5) is 5.95 Å². The summed E-state index contributed by atoms with van der Waals surface area (Å²) in [4.78, 5) is 20.3. The predicted molar refractivity (Wildman–Crippen MR) is 82.0 cm³/mol. The van der Waals surface area contributed by atoms with Crippen molar-refractivity contribution < 1.29 is 18.7 Å². The lowest BCUT2D eigenvalue weighted by molar-refractivity contribution is -0.0172. The van der Waals surface area contributed by atoms with Crippen LogP contribution in [-0.2, 0) is 13.8 Å². The number of nitrogens with zero attached hydrogens (tertiary/aromatic N) is 3. The van der Waals surface area contributed by atoms with Crippen LogP contribution in [0.2, 0.25) is 0 Å². The van der Waals surface area contributed by atoms with Gasteiger partial charge in [-0.15, -0.1) is 0 Å². The Morgan fingerprint density at radius 3 is 3.18 bits per heavy atom. The number of nitrogens with one attached hydrogen (secondary N) is 1. The van der Waals surface area contributed by atoms with Crippen LogP contribution in [0.3, 0.4) is 0 Å². The van der Waals surface area contributed by atoms with Crippen LogP contribution in [0.1, 0.15) is 19.1 Å². The zero-order valence-corrected chi connectivity index (χ0v) is 13.5. The fraction of sp³-hybridized carbons (Fsp3) is 0.545. The molecule has 1 aliphatic heterocycles. The summed E-state index contributed by atoms with van der Waals surface area (Å²) in [5.41, 5.74) is 6.79. The maximum atomic E-state index is 11.2. The van der Waals surface area contributed by atoms with E-state index in [2.05, 4.69) is 15.0 Å². The zero-order chi connectivity index (χ0) is 15.9. The van der Waals surface area contributed by atoms with Gasteiger partial charge in [0.05, 0.1) is 19.0 Å². The largest absolute Gasteiger partial charge is 0.369 e.